The van der Waals surface area contributed by atoms with Gasteiger partial charge in [0.1, 0.15) is 0 Å². The lowest BCUT2D eigenvalue weighted by Crippen LogP contribution is -2.35. The molecule has 1 rings (SSSR count). The first kappa shape index (κ1) is 16.9. The largest absolute Gasteiger partial charge is 0.390 e. The van der Waals surface area contributed by atoms with E-state index >= 15 is 0 Å². The molecule has 0 aliphatic carbocycles. The predicted octanol–water partition coefficient (Wildman–Crippen LogP) is 2.03. The molecule has 0 spiro atoms. The molecule has 114 valence electrons. The summed E-state index contributed by atoms with van der Waals surface area (Å²) >= 11 is 0. The SMILES string of the molecule is CNCc1ccc(S(=O)(=O)NC(C)CC(F)(F)F)cc1. The zero-order valence-corrected chi connectivity index (χ0v) is 12.0. The number of halogens is 3. The third kappa shape index (κ3) is 5.48. The number of sulfonamides is 1. The van der Waals surface area contributed by atoms with E-state index in [0.29, 0.717) is 6.54 Å². The maximum atomic E-state index is 12.2. The second-order valence-corrected chi connectivity index (χ2v) is 6.23. The van der Waals surface area contributed by atoms with E-state index in [1.807, 2.05) is 4.72 Å². The van der Waals surface area contributed by atoms with Crippen molar-refractivity contribution >= 4 is 10.0 Å². The maximum Gasteiger partial charge on any atom is 0.390 e. The Morgan fingerprint density at radius 3 is 2.20 bits per heavy atom. The Balaban J connectivity index is 2.78. The van der Waals surface area contributed by atoms with Crippen LogP contribution in [0.2, 0.25) is 0 Å². The van der Waals surface area contributed by atoms with E-state index in [1.165, 1.54) is 19.1 Å². The van der Waals surface area contributed by atoms with E-state index in [1.54, 1.807) is 19.2 Å². The number of hydrogen-bond acceptors (Lipinski definition) is 3. The molecule has 1 aromatic rings. The molecule has 8 heteroatoms. The first-order chi connectivity index (χ1) is 9.14. The van der Waals surface area contributed by atoms with Crippen LogP contribution in [0.1, 0.15) is 18.9 Å². The predicted molar refractivity (Wildman–Crippen MR) is 69.7 cm³/mol. The van der Waals surface area contributed by atoms with Gasteiger partial charge in [0.15, 0.2) is 0 Å². The van der Waals surface area contributed by atoms with Crippen molar-refractivity contribution in [1.82, 2.24) is 10.0 Å². The van der Waals surface area contributed by atoms with Crippen molar-refractivity contribution in [1.29, 1.82) is 0 Å². The summed E-state index contributed by atoms with van der Waals surface area (Å²) in [5.74, 6) is 0. The van der Waals surface area contributed by atoms with E-state index in [0.717, 1.165) is 5.56 Å². The molecule has 0 radical (unpaired) electrons. The Hall–Kier alpha value is -1.12. The highest BCUT2D eigenvalue weighted by Crippen LogP contribution is 2.22. The third-order valence-corrected chi connectivity index (χ3v) is 4.11. The summed E-state index contributed by atoms with van der Waals surface area (Å²) < 4.78 is 62.4. The van der Waals surface area contributed by atoms with Crippen LogP contribution >= 0.6 is 0 Å². The maximum absolute atomic E-state index is 12.2. The molecule has 0 aliphatic rings. The summed E-state index contributed by atoms with van der Waals surface area (Å²) in [5, 5.41) is 2.91. The van der Waals surface area contributed by atoms with E-state index in [2.05, 4.69) is 5.32 Å². The lowest BCUT2D eigenvalue weighted by Gasteiger charge is -2.16. The number of benzene rings is 1. The zero-order valence-electron chi connectivity index (χ0n) is 11.2. The Bertz CT molecular complexity index is 527. The molecule has 1 aromatic carbocycles. The highest BCUT2D eigenvalue weighted by atomic mass is 32.2. The molecular weight excluding hydrogens is 293 g/mol. The first-order valence-electron chi connectivity index (χ1n) is 5.96. The molecule has 0 fully saturated rings. The zero-order chi connectivity index (χ0) is 15.4. The minimum absolute atomic E-state index is 0.0497. The van der Waals surface area contributed by atoms with Gasteiger partial charge in [-0.2, -0.15) is 13.2 Å². The number of rotatable bonds is 6. The van der Waals surface area contributed by atoms with Gasteiger partial charge in [-0.15, -0.1) is 0 Å². The summed E-state index contributed by atoms with van der Waals surface area (Å²) in [6, 6.07) is 4.75. The van der Waals surface area contributed by atoms with Crippen LogP contribution in [-0.4, -0.2) is 27.7 Å². The van der Waals surface area contributed by atoms with Crippen molar-refractivity contribution in [2.45, 2.75) is 37.0 Å². The van der Waals surface area contributed by atoms with Crippen molar-refractivity contribution in [2.24, 2.45) is 0 Å². The topological polar surface area (TPSA) is 58.2 Å². The standard InChI is InChI=1S/C12H17F3N2O2S/c1-9(7-12(13,14)15)17-20(18,19)11-5-3-10(4-6-11)8-16-2/h3-6,9,16-17H,7-8H2,1-2H3. The summed E-state index contributed by atoms with van der Waals surface area (Å²) in [6.07, 6.45) is -5.61. The van der Waals surface area contributed by atoms with Crippen LogP contribution in [0, 0.1) is 0 Å². The number of hydrogen-bond donors (Lipinski definition) is 2. The fourth-order valence-corrected chi connectivity index (χ4v) is 2.96. The van der Waals surface area contributed by atoms with Crippen molar-refractivity contribution in [3.63, 3.8) is 0 Å². The molecule has 2 N–H and O–H groups in total. The summed E-state index contributed by atoms with van der Waals surface area (Å²) in [4.78, 5) is -0.0497. The van der Waals surface area contributed by atoms with Gasteiger partial charge in [0.05, 0.1) is 11.3 Å². The molecule has 20 heavy (non-hydrogen) atoms. The van der Waals surface area contributed by atoms with Crippen LogP contribution in [0.4, 0.5) is 13.2 Å². The molecule has 0 aromatic heterocycles. The minimum atomic E-state index is -4.40. The van der Waals surface area contributed by atoms with Gasteiger partial charge in [0, 0.05) is 12.6 Å². The van der Waals surface area contributed by atoms with Gasteiger partial charge in [-0.25, -0.2) is 13.1 Å². The van der Waals surface area contributed by atoms with E-state index in [4.69, 9.17) is 0 Å². The lowest BCUT2D eigenvalue weighted by molar-refractivity contribution is -0.137. The van der Waals surface area contributed by atoms with Crippen molar-refractivity contribution in [3.8, 4) is 0 Å². The smallest absolute Gasteiger partial charge is 0.316 e. The molecule has 0 saturated carbocycles. The second-order valence-electron chi connectivity index (χ2n) is 4.52. The minimum Gasteiger partial charge on any atom is -0.316 e. The van der Waals surface area contributed by atoms with Gasteiger partial charge in [-0.1, -0.05) is 12.1 Å². The van der Waals surface area contributed by atoms with E-state index < -0.39 is 28.7 Å². The van der Waals surface area contributed by atoms with Crippen LogP contribution in [0.5, 0.6) is 0 Å². The number of alkyl halides is 3. The molecule has 0 aliphatic heterocycles. The highest BCUT2D eigenvalue weighted by molar-refractivity contribution is 7.89. The third-order valence-electron chi connectivity index (χ3n) is 2.51. The van der Waals surface area contributed by atoms with Gasteiger partial charge in [0.25, 0.3) is 0 Å². The molecule has 1 unspecified atom stereocenters. The molecule has 0 saturated heterocycles. The highest BCUT2D eigenvalue weighted by Gasteiger charge is 2.31. The van der Waals surface area contributed by atoms with E-state index in [-0.39, 0.29) is 4.90 Å². The Morgan fingerprint density at radius 1 is 1.20 bits per heavy atom. The molecule has 0 bridgehead atoms. The number of nitrogens with one attached hydrogen (secondary N) is 2. The van der Waals surface area contributed by atoms with Crippen molar-refractivity contribution in [2.75, 3.05) is 7.05 Å². The average Bonchev–Trinajstić information content (AvgIpc) is 2.26. The second kappa shape index (κ2) is 6.55. The summed E-state index contributed by atoms with van der Waals surface area (Å²) in [6.45, 7) is 1.76. The van der Waals surface area contributed by atoms with Gasteiger partial charge >= 0.3 is 6.18 Å². The van der Waals surface area contributed by atoms with Crippen molar-refractivity contribution < 1.29 is 21.6 Å². The van der Waals surface area contributed by atoms with Crippen LogP contribution in [0.15, 0.2) is 29.2 Å². The van der Waals surface area contributed by atoms with Crippen LogP contribution in [0.25, 0.3) is 0 Å². The monoisotopic (exact) mass is 310 g/mol. The Kier molecular flexibility index (Phi) is 5.55. The Labute approximate surface area is 116 Å². The normalized spacial score (nSPS) is 14.2. The fourth-order valence-electron chi connectivity index (χ4n) is 1.71. The summed E-state index contributed by atoms with van der Waals surface area (Å²) in [5.41, 5.74) is 0.884. The quantitative estimate of drug-likeness (QED) is 0.845. The fraction of sp³-hybridized carbons (Fsp3) is 0.500. The summed E-state index contributed by atoms with van der Waals surface area (Å²) in [7, 11) is -2.18. The average molecular weight is 310 g/mol. The van der Waals surface area contributed by atoms with Gasteiger partial charge < -0.3 is 5.32 Å². The lowest BCUT2D eigenvalue weighted by atomic mass is 10.2. The molecule has 4 nitrogen and oxygen atoms in total. The van der Waals surface area contributed by atoms with Gasteiger partial charge in [-0.3, -0.25) is 0 Å². The van der Waals surface area contributed by atoms with Gasteiger partial charge in [0.2, 0.25) is 10.0 Å². The molecule has 0 heterocycles. The Morgan fingerprint density at radius 2 is 1.75 bits per heavy atom. The van der Waals surface area contributed by atoms with Crippen LogP contribution in [0.3, 0.4) is 0 Å². The first-order valence-corrected chi connectivity index (χ1v) is 7.45. The van der Waals surface area contributed by atoms with Crippen LogP contribution in [-0.2, 0) is 16.6 Å². The van der Waals surface area contributed by atoms with E-state index in [9.17, 15) is 21.6 Å². The van der Waals surface area contributed by atoms with Crippen LogP contribution < -0.4 is 10.0 Å². The van der Waals surface area contributed by atoms with Gasteiger partial charge in [-0.05, 0) is 31.7 Å². The molecule has 0 amide bonds. The molecular formula is C12H17F3N2O2S. The van der Waals surface area contributed by atoms with Crippen molar-refractivity contribution in [3.05, 3.63) is 29.8 Å². The molecule has 1 atom stereocenters.